The molecule has 0 aliphatic heterocycles. The average molecular weight is 260 g/mol. The maximum atomic E-state index is 11.8. The summed E-state index contributed by atoms with van der Waals surface area (Å²) >= 11 is 0. The van der Waals surface area contributed by atoms with Crippen LogP contribution in [0.25, 0.3) is 0 Å². The van der Waals surface area contributed by atoms with E-state index in [1.54, 1.807) is 0 Å². The number of carbonyl (C=O) groups is 2. The van der Waals surface area contributed by atoms with Gasteiger partial charge in [0, 0.05) is 25.6 Å². The van der Waals surface area contributed by atoms with Crippen LogP contribution in [0.4, 0.5) is 0 Å². The first-order chi connectivity index (χ1) is 9.16. The highest BCUT2D eigenvalue weighted by atomic mass is 16.2. The van der Waals surface area contributed by atoms with Crippen molar-refractivity contribution >= 4 is 11.8 Å². The molecule has 1 aliphatic carbocycles. The van der Waals surface area contributed by atoms with Crippen LogP contribution < -0.4 is 10.6 Å². The van der Waals surface area contributed by atoms with Gasteiger partial charge in [0.1, 0.15) is 0 Å². The number of hydrogen-bond donors (Lipinski definition) is 2. The molecule has 0 atom stereocenters. The molecular formula is C15H20N2O2. The van der Waals surface area contributed by atoms with Gasteiger partial charge >= 0.3 is 0 Å². The molecule has 2 amide bonds. The minimum Gasteiger partial charge on any atom is -0.355 e. The summed E-state index contributed by atoms with van der Waals surface area (Å²) in [6.45, 7) is 2.37. The molecule has 1 aliphatic rings. The standard InChI is InChI=1S/C15H20N2O2/c1-11(18)16-9-10-17-15(19)14-7-5-13(6-8-14)12-3-2-4-12/h5-8,12H,2-4,9-10H2,1H3,(H,16,18)(H,17,19). The molecule has 4 heteroatoms. The summed E-state index contributed by atoms with van der Waals surface area (Å²) in [6.07, 6.45) is 3.85. The molecule has 1 fully saturated rings. The van der Waals surface area contributed by atoms with Gasteiger partial charge in [-0.1, -0.05) is 18.6 Å². The second-order valence-electron chi connectivity index (χ2n) is 4.99. The van der Waals surface area contributed by atoms with Gasteiger partial charge < -0.3 is 10.6 Å². The first kappa shape index (κ1) is 13.6. The molecule has 19 heavy (non-hydrogen) atoms. The van der Waals surface area contributed by atoms with Crippen molar-refractivity contribution < 1.29 is 9.59 Å². The van der Waals surface area contributed by atoms with E-state index in [4.69, 9.17) is 0 Å². The van der Waals surface area contributed by atoms with Crippen molar-refractivity contribution in [2.45, 2.75) is 32.1 Å². The van der Waals surface area contributed by atoms with Gasteiger partial charge in [0.05, 0.1) is 0 Å². The lowest BCUT2D eigenvalue weighted by molar-refractivity contribution is -0.118. The molecule has 0 spiro atoms. The number of amides is 2. The Balaban J connectivity index is 1.80. The fourth-order valence-electron chi connectivity index (χ4n) is 2.16. The Bertz CT molecular complexity index is 450. The van der Waals surface area contributed by atoms with E-state index in [1.807, 2.05) is 24.3 Å². The third-order valence-electron chi connectivity index (χ3n) is 3.53. The third-order valence-corrected chi connectivity index (χ3v) is 3.53. The fraction of sp³-hybridized carbons (Fsp3) is 0.467. The third kappa shape index (κ3) is 3.81. The summed E-state index contributed by atoms with van der Waals surface area (Å²) in [5.41, 5.74) is 2.01. The molecule has 1 aromatic carbocycles. The number of carbonyl (C=O) groups excluding carboxylic acids is 2. The predicted octanol–water partition coefficient (Wildman–Crippen LogP) is 1.82. The van der Waals surface area contributed by atoms with E-state index in [0.717, 1.165) is 0 Å². The lowest BCUT2D eigenvalue weighted by atomic mass is 9.80. The molecule has 0 bridgehead atoms. The molecule has 2 N–H and O–H groups in total. The van der Waals surface area contributed by atoms with Crippen LogP contribution in [0.5, 0.6) is 0 Å². The SMILES string of the molecule is CC(=O)NCCNC(=O)c1ccc(C2CCC2)cc1. The van der Waals surface area contributed by atoms with Gasteiger partial charge in [-0.15, -0.1) is 0 Å². The number of benzene rings is 1. The van der Waals surface area contributed by atoms with Crippen LogP contribution in [0.1, 0.15) is 48.0 Å². The summed E-state index contributed by atoms with van der Waals surface area (Å²) in [5, 5.41) is 5.42. The molecule has 0 heterocycles. The van der Waals surface area contributed by atoms with E-state index in [9.17, 15) is 9.59 Å². The maximum absolute atomic E-state index is 11.8. The Morgan fingerprint density at radius 1 is 1.11 bits per heavy atom. The first-order valence-corrected chi connectivity index (χ1v) is 6.79. The second-order valence-corrected chi connectivity index (χ2v) is 4.99. The smallest absolute Gasteiger partial charge is 0.251 e. The Hall–Kier alpha value is -1.84. The van der Waals surface area contributed by atoms with Crippen LogP contribution in [0.15, 0.2) is 24.3 Å². The van der Waals surface area contributed by atoms with E-state index >= 15 is 0 Å². The van der Waals surface area contributed by atoms with Crippen molar-refractivity contribution in [3.8, 4) is 0 Å². The van der Waals surface area contributed by atoms with Crippen molar-refractivity contribution in [3.05, 3.63) is 35.4 Å². The molecule has 2 rings (SSSR count). The summed E-state index contributed by atoms with van der Waals surface area (Å²) < 4.78 is 0. The predicted molar refractivity (Wildman–Crippen MR) is 74.1 cm³/mol. The van der Waals surface area contributed by atoms with Crippen LogP contribution in [0.2, 0.25) is 0 Å². The Morgan fingerprint density at radius 2 is 1.74 bits per heavy atom. The molecule has 1 aromatic rings. The lowest BCUT2D eigenvalue weighted by Crippen LogP contribution is -2.33. The largest absolute Gasteiger partial charge is 0.355 e. The van der Waals surface area contributed by atoms with E-state index in [1.165, 1.54) is 31.7 Å². The molecule has 0 radical (unpaired) electrons. The van der Waals surface area contributed by atoms with Gasteiger partial charge in [-0.05, 0) is 36.5 Å². The molecule has 4 nitrogen and oxygen atoms in total. The number of nitrogens with one attached hydrogen (secondary N) is 2. The Kier molecular flexibility index (Phi) is 4.55. The summed E-state index contributed by atoms with van der Waals surface area (Å²) in [6, 6.07) is 7.85. The van der Waals surface area contributed by atoms with E-state index < -0.39 is 0 Å². The monoisotopic (exact) mass is 260 g/mol. The Morgan fingerprint density at radius 3 is 2.26 bits per heavy atom. The molecule has 1 saturated carbocycles. The van der Waals surface area contributed by atoms with Crippen molar-refractivity contribution in [3.63, 3.8) is 0 Å². The van der Waals surface area contributed by atoms with Gasteiger partial charge in [-0.3, -0.25) is 9.59 Å². The van der Waals surface area contributed by atoms with E-state index in [2.05, 4.69) is 10.6 Å². The summed E-state index contributed by atoms with van der Waals surface area (Å²) in [5.74, 6) is 0.515. The van der Waals surface area contributed by atoms with Crippen LogP contribution in [-0.4, -0.2) is 24.9 Å². The maximum Gasteiger partial charge on any atom is 0.251 e. The zero-order chi connectivity index (χ0) is 13.7. The number of hydrogen-bond acceptors (Lipinski definition) is 2. The van der Waals surface area contributed by atoms with Gasteiger partial charge in [0.2, 0.25) is 5.91 Å². The molecule has 0 unspecified atom stereocenters. The zero-order valence-corrected chi connectivity index (χ0v) is 11.2. The van der Waals surface area contributed by atoms with Gasteiger partial charge in [-0.2, -0.15) is 0 Å². The highest BCUT2D eigenvalue weighted by Gasteiger charge is 2.19. The molecule has 102 valence electrons. The van der Waals surface area contributed by atoms with Crippen molar-refractivity contribution in [2.24, 2.45) is 0 Å². The summed E-state index contributed by atoms with van der Waals surface area (Å²) in [7, 11) is 0. The fourth-order valence-corrected chi connectivity index (χ4v) is 2.16. The zero-order valence-electron chi connectivity index (χ0n) is 11.2. The van der Waals surface area contributed by atoms with Gasteiger partial charge in [0.15, 0.2) is 0 Å². The van der Waals surface area contributed by atoms with Crippen LogP contribution in [0.3, 0.4) is 0 Å². The molecule has 0 saturated heterocycles. The van der Waals surface area contributed by atoms with Crippen molar-refractivity contribution in [2.75, 3.05) is 13.1 Å². The minimum absolute atomic E-state index is 0.0842. The lowest BCUT2D eigenvalue weighted by Gasteiger charge is -2.25. The van der Waals surface area contributed by atoms with Crippen LogP contribution >= 0.6 is 0 Å². The normalized spacial score (nSPS) is 14.6. The first-order valence-electron chi connectivity index (χ1n) is 6.79. The molecular weight excluding hydrogens is 240 g/mol. The van der Waals surface area contributed by atoms with E-state index in [0.29, 0.717) is 24.6 Å². The summed E-state index contributed by atoms with van der Waals surface area (Å²) in [4.78, 5) is 22.5. The molecule has 0 aromatic heterocycles. The quantitative estimate of drug-likeness (QED) is 0.793. The highest BCUT2D eigenvalue weighted by molar-refractivity contribution is 5.94. The van der Waals surface area contributed by atoms with Gasteiger partial charge in [0.25, 0.3) is 5.91 Å². The number of rotatable bonds is 5. The average Bonchev–Trinajstić information content (AvgIpc) is 2.33. The van der Waals surface area contributed by atoms with E-state index in [-0.39, 0.29) is 11.8 Å². The van der Waals surface area contributed by atoms with Crippen molar-refractivity contribution in [1.82, 2.24) is 10.6 Å². The van der Waals surface area contributed by atoms with Crippen molar-refractivity contribution in [1.29, 1.82) is 0 Å². The second kappa shape index (κ2) is 6.36. The van der Waals surface area contributed by atoms with Crippen LogP contribution in [-0.2, 0) is 4.79 Å². The van der Waals surface area contributed by atoms with Gasteiger partial charge in [-0.25, -0.2) is 0 Å². The topological polar surface area (TPSA) is 58.2 Å². The highest BCUT2D eigenvalue weighted by Crippen LogP contribution is 2.36. The Labute approximate surface area is 113 Å². The van der Waals surface area contributed by atoms with Crippen LogP contribution in [0, 0.1) is 0 Å². The minimum atomic E-state index is -0.0921.